The lowest BCUT2D eigenvalue weighted by atomic mass is 9.95. The van der Waals surface area contributed by atoms with Gasteiger partial charge in [-0.15, -0.1) is 0 Å². The Hall–Kier alpha value is -4.97. The summed E-state index contributed by atoms with van der Waals surface area (Å²) >= 11 is 0. The average Bonchev–Trinajstić information content (AvgIpc) is 3.82. The van der Waals surface area contributed by atoms with E-state index in [9.17, 15) is 14.7 Å². The number of aliphatic hydroxyl groups is 1. The van der Waals surface area contributed by atoms with Crippen LogP contribution < -0.4 is 15.0 Å². The van der Waals surface area contributed by atoms with Crippen molar-refractivity contribution in [2.75, 3.05) is 45.4 Å². The SMILES string of the molecule is CN(C)C(=O)N1CC=C(c2cc3c(-c4cc(F)cc(N5CCOc6cc(C7CC7)cc(F)c6C5=O)c4CO)ccnc3[nH]2)NC1. The molecule has 45 heavy (non-hydrogen) atoms. The lowest BCUT2D eigenvalue weighted by Gasteiger charge is -2.29. The number of fused-ring (bicyclic) bond motifs is 2. The number of urea groups is 1. The Kier molecular flexibility index (Phi) is 7.16. The van der Waals surface area contributed by atoms with Crippen molar-refractivity contribution in [1.29, 1.82) is 0 Å². The number of hydrogen-bond acceptors (Lipinski definition) is 6. The van der Waals surface area contributed by atoms with Gasteiger partial charge in [-0.2, -0.15) is 0 Å². The van der Waals surface area contributed by atoms with Gasteiger partial charge in [0, 0.05) is 37.8 Å². The number of nitrogens with one attached hydrogen (secondary N) is 2. The van der Waals surface area contributed by atoms with Gasteiger partial charge in [0.1, 0.15) is 35.2 Å². The number of rotatable bonds is 5. The van der Waals surface area contributed by atoms with E-state index in [2.05, 4.69) is 15.3 Å². The number of halogens is 2. The van der Waals surface area contributed by atoms with Crippen LogP contribution in [0.5, 0.6) is 5.75 Å². The molecule has 3 aliphatic rings. The van der Waals surface area contributed by atoms with Crippen LogP contribution in [0.2, 0.25) is 0 Å². The fourth-order valence-electron chi connectivity index (χ4n) is 6.12. The molecule has 2 aromatic carbocycles. The summed E-state index contributed by atoms with van der Waals surface area (Å²) < 4.78 is 36.6. The first-order chi connectivity index (χ1) is 21.7. The maximum Gasteiger partial charge on any atom is 0.321 e. The fourth-order valence-corrected chi connectivity index (χ4v) is 6.12. The molecule has 1 fully saturated rings. The molecule has 1 aliphatic carbocycles. The van der Waals surface area contributed by atoms with Crippen molar-refractivity contribution < 1.29 is 28.2 Å². The quantitative estimate of drug-likeness (QED) is 0.298. The number of pyridine rings is 1. The van der Waals surface area contributed by atoms with Gasteiger partial charge in [-0.1, -0.05) is 0 Å². The topological polar surface area (TPSA) is 114 Å². The second-order valence-electron chi connectivity index (χ2n) is 11.7. The number of nitrogens with zero attached hydrogens (tertiary/aromatic N) is 4. The summed E-state index contributed by atoms with van der Waals surface area (Å²) in [6.45, 7) is 0.336. The van der Waals surface area contributed by atoms with Crippen LogP contribution in [-0.4, -0.2) is 77.3 Å². The van der Waals surface area contributed by atoms with Crippen LogP contribution >= 0.6 is 0 Å². The molecule has 232 valence electrons. The lowest BCUT2D eigenvalue weighted by molar-refractivity contribution is 0.0985. The summed E-state index contributed by atoms with van der Waals surface area (Å²) in [6, 6.07) is 9.10. The highest BCUT2D eigenvalue weighted by atomic mass is 19.1. The van der Waals surface area contributed by atoms with Gasteiger partial charge < -0.3 is 34.8 Å². The minimum absolute atomic E-state index is 0.0365. The smallest absolute Gasteiger partial charge is 0.321 e. The van der Waals surface area contributed by atoms with Crippen molar-refractivity contribution in [2.45, 2.75) is 25.4 Å². The molecule has 0 bridgehead atoms. The molecule has 7 rings (SSSR count). The third-order valence-corrected chi connectivity index (χ3v) is 8.54. The van der Waals surface area contributed by atoms with E-state index in [1.807, 2.05) is 12.1 Å². The van der Waals surface area contributed by atoms with E-state index in [0.29, 0.717) is 40.9 Å². The summed E-state index contributed by atoms with van der Waals surface area (Å²) in [5, 5.41) is 14.6. The van der Waals surface area contributed by atoms with E-state index >= 15 is 8.78 Å². The molecule has 3 amide bonds. The summed E-state index contributed by atoms with van der Waals surface area (Å²) in [4.78, 5) is 38.4. The van der Waals surface area contributed by atoms with Crippen LogP contribution in [0.1, 0.15) is 45.9 Å². The van der Waals surface area contributed by atoms with Crippen LogP contribution in [0.25, 0.3) is 27.9 Å². The van der Waals surface area contributed by atoms with Crippen molar-refractivity contribution in [3.63, 3.8) is 0 Å². The number of carbonyl (C=O) groups is 2. The molecule has 2 aromatic heterocycles. The average molecular weight is 615 g/mol. The summed E-state index contributed by atoms with van der Waals surface area (Å²) in [6.07, 6.45) is 5.42. The van der Waals surface area contributed by atoms with Crippen LogP contribution in [0.4, 0.5) is 19.3 Å². The molecule has 0 saturated heterocycles. The van der Waals surface area contributed by atoms with E-state index < -0.39 is 24.1 Å². The standard InChI is InChI=1S/C33H32F2N6O4/c1-39(2)33(44)40-8-6-26(37-17-40)27-15-23-21(5-7-36-31(23)38-27)22-13-20(34)14-28(24(22)16-42)41-9-10-45-29-12-19(18-3-4-18)11-25(35)30(29)32(41)43/h5-7,11-15,18,37,42H,3-4,8-10,16-17H2,1-2H3,(H,36,38). The Balaban J connectivity index is 1.27. The summed E-state index contributed by atoms with van der Waals surface area (Å²) in [7, 11) is 3.39. The number of aromatic amines is 1. The van der Waals surface area contributed by atoms with Crippen molar-refractivity contribution >= 4 is 34.4 Å². The number of benzene rings is 2. The monoisotopic (exact) mass is 614 g/mol. The van der Waals surface area contributed by atoms with Gasteiger partial charge >= 0.3 is 6.03 Å². The molecule has 0 spiro atoms. The molecule has 12 heteroatoms. The van der Waals surface area contributed by atoms with E-state index in [-0.39, 0.29) is 42.1 Å². The minimum atomic E-state index is -0.677. The molecular formula is C33H32F2N6O4. The summed E-state index contributed by atoms with van der Waals surface area (Å²) in [5.74, 6) is -1.50. The molecule has 10 nitrogen and oxygen atoms in total. The highest BCUT2D eigenvalue weighted by molar-refractivity contribution is 6.09. The minimum Gasteiger partial charge on any atom is -0.491 e. The third-order valence-electron chi connectivity index (χ3n) is 8.54. The third kappa shape index (κ3) is 5.14. The van der Waals surface area contributed by atoms with Gasteiger partial charge in [-0.3, -0.25) is 4.79 Å². The normalized spacial score (nSPS) is 16.6. The molecule has 2 aliphatic heterocycles. The zero-order valence-electron chi connectivity index (χ0n) is 24.9. The zero-order valence-corrected chi connectivity index (χ0v) is 24.9. The Labute approximate surface area is 257 Å². The number of anilines is 1. The number of carbonyl (C=O) groups excluding carboxylic acids is 2. The van der Waals surface area contributed by atoms with Gasteiger partial charge in [0.2, 0.25) is 0 Å². The number of aliphatic hydroxyl groups excluding tert-OH is 1. The van der Waals surface area contributed by atoms with Crippen LogP contribution in [0.15, 0.2) is 48.7 Å². The number of hydrogen-bond donors (Lipinski definition) is 3. The van der Waals surface area contributed by atoms with Crippen molar-refractivity contribution in [1.82, 2.24) is 25.1 Å². The first-order valence-corrected chi connectivity index (χ1v) is 14.8. The van der Waals surface area contributed by atoms with E-state index in [4.69, 9.17) is 4.74 Å². The second kappa shape index (κ2) is 11.2. The summed E-state index contributed by atoms with van der Waals surface area (Å²) in [5.41, 5.74) is 4.07. The van der Waals surface area contributed by atoms with Crippen molar-refractivity contribution in [3.05, 3.63) is 82.7 Å². The fraction of sp³-hybridized carbons (Fsp3) is 0.303. The predicted molar refractivity (Wildman–Crippen MR) is 165 cm³/mol. The van der Waals surface area contributed by atoms with Crippen LogP contribution in [0.3, 0.4) is 0 Å². The van der Waals surface area contributed by atoms with E-state index in [1.54, 1.807) is 37.3 Å². The van der Waals surface area contributed by atoms with Crippen LogP contribution in [-0.2, 0) is 6.61 Å². The number of ether oxygens (including phenoxy) is 1. The molecule has 4 heterocycles. The van der Waals surface area contributed by atoms with Crippen molar-refractivity contribution in [2.24, 2.45) is 0 Å². The van der Waals surface area contributed by atoms with Gasteiger partial charge in [0.05, 0.1) is 36.9 Å². The number of amides is 3. The van der Waals surface area contributed by atoms with Crippen molar-refractivity contribution in [3.8, 4) is 16.9 Å². The Morgan fingerprint density at radius 3 is 2.69 bits per heavy atom. The van der Waals surface area contributed by atoms with E-state index in [0.717, 1.165) is 29.8 Å². The maximum atomic E-state index is 15.4. The first-order valence-electron chi connectivity index (χ1n) is 14.8. The Bertz CT molecular complexity index is 1880. The Morgan fingerprint density at radius 1 is 1.16 bits per heavy atom. The molecule has 0 radical (unpaired) electrons. The molecule has 0 unspecified atom stereocenters. The molecule has 0 atom stereocenters. The lowest BCUT2D eigenvalue weighted by Crippen LogP contribution is -2.46. The van der Waals surface area contributed by atoms with Gasteiger partial charge in [-0.25, -0.2) is 18.6 Å². The number of aromatic nitrogens is 2. The second-order valence-corrected chi connectivity index (χ2v) is 11.7. The first kappa shape index (κ1) is 28.8. The largest absolute Gasteiger partial charge is 0.491 e. The molecule has 1 saturated carbocycles. The zero-order chi connectivity index (χ0) is 31.4. The molecule has 4 aromatic rings. The Morgan fingerprint density at radius 2 is 1.98 bits per heavy atom. The molecular weight excluding hydrogens is 582 g/mol. The van der Waals surface area contributed by atoms with Gasteiger partial charge in [0.15, 0.2) is 0 Å². The van der Waals surface area contributed by atoms with Crippen LogP contribution in [0, 0.1) is 11.6 Å². The maximum absolute atomic E-state index is 15.4. The number of H-pyrrole nitrogens is 1. The van der Waals surface area contributed by atoms with E-state index in [1.165, 1.54) is 28.0 Å². The van der Waals surface area contributed by atoms with Gasteiger partial charge in [-0.05, 0) is 77.9 Å². The molecule has 3 N–H and O–H groups in total. The highest BCUT2D eigenvalue weighted by Crippen LogP contribution is 2.44. The van der Waals surface area contributed by atoms with Gasteiger partial charge in [0.25, 0.3) is 5.91 Å². The predicted octanol–water partition coefficient (Wildman–Crippen LogP) is 4.80. The highest BCUT2D eigenvalue weighted by Gasteiger charge is 2.33.